The third kappa shape index (κ3) is 3.54. The number of imidazole rings is 1. The normalized spacial score (nSPS) is 10.4. The van der Waals surface area contributed by atoms with Gasteiger partial charge in [0.1, 0.15) is 6.61 Å². The first-order chi connectivity index (χ1) is 10.2. The van der Waals surface area contributed by atoms with Crippen LogP contribution in [0.25, 0.3) is 0 Å². The topological polar surface area (TPSA) is 60.1 Å². The molecule has 1 heterocycles. The van der Waals surface area contributed by atoms with Gasteiger partial charge in [-0.25, -0.2) is 4.98 Å². The molecule has 0 N–H and O–H groups in total. The molecule has 21 heavy (non-hydrogen) atoms. The second-order valence-electron chi connectivity index (χ2n) is 4.88. The second kappa shape index (κ2) is 6.80. The van der Waals surface area contributed by atoms with Crippen molar-refractivity contribution >= 4 is 0 Å². The van der Waals surface area contributed by atoms with Crippen molar-refractivity contribution in [3.8, 4) is 17.6 Å². The Morgan fingerprint density at radius 2 is 2.10 bits per heavy atom. The zero-order valence-electron chi connectivity index (χ0n) is 12.5. The molecule has 0 amide bonds. The number of rotatable bonds is 6. The molecular weight excluding hydrogens is 266 g/mol. The Balaban J connectivity index is 2.16. The maximum Gasteiger partial charge on any atom is 0.162 e. The van der Waals surface area contributed by atoms with Crippen LogP contribution in [-0.2, 0) is 6.61 Å². The zero-order valence-corrected chi connectivity index (χ0v) is 12.5. The molecule has 0 aliphatic rings. The van der Waals surface area contributed by atoms with Gasteiger partial charge in [-0.15, -0.1) is 0 Å². The Morgan fingerprint density at radius 1 is 1.29 bits per heavy atom. The van der Waals surface area contributed by atoms with Crippen LogP contribution >= 0.6 is 0 Å². The lowest BCUT2D eigenvalue weighted by molar-refractivity contribution is 0.261. The molecule has 5 heteroatoms. The van der Waals surface area contributed by atoms with Gasteiger partial charge in [0.05, 0.1) is 36.5 Å². The molecule has 0 saturated carbocycles. The van der Waals surface area contributed by atoms with Crippen LogP contribution in [0.2, 0.25) is 0 Å². The van der Waals surface area contributed by atoms with Crippen LogP contribution in [0.4, 0.5) is 0 Å². The molecule has 5 nitrogen and oxygen atoms in total. The van der Waals surface area contributed by atoms with Crippen LogP contribution < -0.4 is 9.47 Å². The molecule has 1 aromatic carbocycles. The number of aromatic nitrogens is 2. The SMILES string of the molecule is CCOc1cc(C#N)ccc1OCc1cncn1C(C)C. The van der Waals surface area contributed by atoms with E-state index >= 15 is 0 Å². The summed E-state index contributed by atoms with van der Waals surface area (Å²) in [7, 11) is 0. The minimum absolute atomic E-state index is 0.332. The van der Waals surface area contributed by atoms with E-state index in [1.165, 1.54) is 0 Å². The predicted molar refractivity (Wildman–Crippen MR) is 79.3 cm³/mol. The highest BCUT2D eigenvalue weighted by Gasteiger charge is 2.10. The van der Waals surface area contributed by atoms with Crippen LogP contribution in [0.3, 0.4) is 0 Å². The van der Waals surface area contributed by atoms with Crippen LogP contribution in [0, 0.1) is 11.3 Å². The molecule has 2 aromatic rings. The fraction of sp³-hybridized carbons (Fsp3) is 0.375. The minimum atomic E-state index is 0.332. The average Bonchev–Trinajstić information content (AvgIpc) is 2.95. The van der Waals surface area contributed by atoms with E-state index < -0.39 is 0 Å². The van der Waals surface area contributed by atoms with Crippen molar-refractivity contribution in [2.45, 2.75) is 33.4 Å². The molecule has 0 fully saturated rings. The first-order valence-corrected chi connectivity index (χ1v) is 6.96. The fourth-order valence-electron chi connectivity index (χ4n) is 2.03. The van der Waals surface area contributed by atoms with Crippen molar-refractivity contribution in [1.29, 1.82) is 5.26 Å². The van der Waals surface area contributed by atoms with E-state index in [0.717, 1.165) is 5.69 Å². The molecule has 110 valence electrons. The number of nitrogens with zero attached hydrogens (tertiary/aromatic N) is 3. The molecular formula is C16H19N3O2. The Bertz CT molecular complexity index is 641. The molecule has 2 rings (SSSR count). The van der Waals surface area contributed by atoms with Gasteiger partial charge in [0, 0.05) is 12.1 Å². The van der Waals surface area contributed by atoms with Gasteiger partial charge in [-0.3, -0.25) is 0 Å². The summed E-state index contributed by atoms with van der Waals surface area (Å²) in [6.45, 7) is 7.02. The monoisotopic (exact) mass is 285 g/mol. The van der Waals surface area contributed by atoms with E-state index in [0.29, 0.717) is 36.3 Å². The summed E-state index contributed by atoms with van der Waals surface area (Å²) in [5.41, 5.74) is 1.55. The highest BCUT2D eigenvalue weighted by Crippen LogP contribution is 2.29. The zero-order chi connectivity index (χ0) is 15.2. The van der Waals surface area contributed by atoms with Crippen molar-refractivity contribution in [2.75, 3.05) is 6.61 Å². The average molecular weight is 285 g/mol. The van der Waals surface area contributed by atoms with Gasteiger partial charge in [-0.1, -0.05) is 0 Å². The molecule has 0 spiro atoms. The summed E-state index contributed by atoms with van der Waals surface area (Å²) in [4.78, 5) is 4.15. The number of ether oxygens (including phenoxy) is 2. The molecule has 0 aliphatic carbocycles. The molecule has 0 unspecified atom stereocenters. The predicted octanol–water partition coefficient (Wildman–Crippen LogP) is 3.31. The number of nitriles is 1. The maximum atomic E-state index is 8.94. The Labute approximate surface area is 124 Å². The number of hydrogen-bond acceptors (Lipinski definition) is 4. The third-order valence-corrected chi connectivity index (χ3v) is 3.05. The van der Waals surface area contributed by atoms with Crippen molar-refractivity contribution < 1.29 is 9.47 Å². The summed E-state index contributed by atoms with van der Waals surface area (Å²) in [5.74, 6) is 1.22. The highest BCUT2D eigenvalue weighted by molar-refractivity contribution is 5.46. The van der Waals surface area contributed by atoms with Crippen molar-refractivity contribution in [1.82, 2.24) is 9.55 Å². The second-order valence-corrected chi connectivity index (χ2v) is 4.88. The molecule has 0 atom stereocenters. The summed E-state index contributed by atoms with van der Waals surface area (Å²) in [6.07, 6.45) is 3.59. The number of benzene rings is 1. The minimum Gasteiger partial charge on any atom is -0.490 e. The molecule has 0 aliphatic heterocycles. The van der Waals surface area contributed by atoms with Gasteiger partial charge < -0.3 is 14.0 Å². The Kier molecular flexibility index (Phi) is 4.83. The first-order valence-electron chi connectivity index (χ1n) is 6.96. The highest BCUT2D eigenvalue weighted by atomic mass is 16.5. The molecule has 0 saturated heterocycles. The van der Waals surface area contributed by atoms with E-state index in [1.807, 2.05) is 6.92 Å². The smallest absolute Gasteiger partial charge is 0.162 e. The van der Waals surface area contributed by atoms with E-state index in [2.05, 4.69) is 29.5 Å². The van der Waals surface area contributed by atoms with E-state index in [-0.39, 0.29) is 0 Å². The molecule has 0 bridgehead atoms. The number of hydrogen-bond donors (Lipinski definition) is 0. The van der Waals surface area contributed by atoms with Crippen LogP contribution in [0.1, 0.15) is 38.1 Å². The third-order valence-electron chi connectivity index (χ3n) is 3.05. The van der Waals surface area contributed by atoms with Crippen LogP contribution in [-0.4, -0.2) is 16.2 Å². The van der Waals surface area contributed by atoms with Crippen molar-refractivity contribution in [3.05, 3.63) is 42.0 Å². The van der Waals surface area contributed by atoms with Crippen molar-refractivity contribution in [3.63, 3.8) is 0 Å². The lowest BCUT2D eigenvalue weighted by Crippen LogP contribution is -2.08. The summed E-state index contributed by atoms with van der Waals surface area (Å²) in [6, 6.07) is 7.61. The summed E-state index contributed by atoms with van der Waals surface area (Å²) >= 11 is 0. The van der Waals surface area contributed by atoms with Crippen LogP contribution in [0.5, 0.6) is 11.5 Å². The molecule has 0 radical (unpaired) electrons. The summed E-state index contributed by atoms with van der Waals surface area (Å²) < 4.78 is 13.4. The molecule has 1 aromatic heterocycles. The standard InChI is InChI=1S/C16H19N3O2/c1-4-20-16-7-13(8-17)5-6-15(16)21-10-14-9-18-11-19(14)12(2)3/h5-7,9,11-12H,4,10H2,1-3H3. The lowest BCUT2D eigenvalue weighted by atomic mass is 10.2. The Morgan fingerprint density at radius 3 is 2.76 bits per heavy atom. The maximum absolute atomic E-state index is 8.94. The van der Waals surface area contributed by atoms with E-state index in [9.17, 15) is 0 Å². The van der Waals surface area contributed by atoms with Crippen LogP contribution in [0.15, 0.2) is 30.7 Å². The largest absolute Gasteiger partial charge is 0.490 e. The van der Waals surface area contributed by atoms with Gasteiger partial charge in [-0.05, 0) is 32.9 Å². The van der Waals surface area contributed by atoms with E-state index in [1.54, 1.807) is 30.7 Å². The van der Waals surface area contributed by atoms with Gasteiger partial charge in [0.25, 0.3) is 0 Å². The van der Waals surface area contributed by atoms with E-state index in [4.69, 9.17) is 14.7 Å². The van der Waals surface area contributed by atoms with Gasteiger partial charge in [0.2, 0.25) is 0 Å². The lowest BCUT2D eigenvalue weighted by Gasteiger charge is -2.14. The van der Waals surface area contributed by atoms with Gasteiger partial charge in [-0.2, -0.15) is 5.26 Å². The van der Waals surface area contributed by atoms with Crippen molar-refractivity contribution in [2.24, 2.45) is 0 Å². The quantitative estimate of drug-likeness (QED) is 0.817. The fourth-order valence-corrected chi connectivity index (χ4v) is 2.03. The first kappa shape index (κ1) is 14.9. The van der Waals surface area contributed by atoms with Gasteiger partial charge in [0.15, 0.2) is 11.5 Å². The Hall–Kier alpha value is -2.48. The van der Waals surface area contributed by atoms with Gasteiger partial charge >= 0.3 is 0 Å². The summed E-state index contributed by atoms with van der Waals surface area (Å²) in [5, 5.41) is 8.94.